The van der Waals surface area contributed by atoms with Gasteiger partial charge in [0.15, 0.2) is 6.10 Å². The van der Waals surface area contributed by atoms with Crippen molar-refractivity contribution < 1.29 is 14.3 Å². The van der Waals surface area contributed by atoms with Gasteiger partial charge in [-0.1, -0.05) is 32.0 Å². The molecule has 0 aliphatic rings. The van der Waals surface area contributed by atoms with E-state index < -0.39 is 12.1 Å². The van der Waals surface area contributed by atoms with E-state index >= 15 is 0 Å². The van der Waals surface area contributed by atoms with Crippen LogP contribution in [0.3, 0.4) is 0 Å². The average molecular weight is 372 g/mol. The molecule has 2 unspecified atom stereocenters. The van der Waals surface area contributed by atoms with Crippen molar-refractivity contribution in [3.63, 3.8) is 0 Å². The molecule has 138 valence electrons. The van der Waals surface area contributed by atoms with E-state index in [1.807, 2.05) is 30.5 Å². The SMILES string of the molecule is CCC(C)c1ccccc1NC(=O)C(C)OC(=O)c1cccnc1SC. The number of esters is 1. The van der Waals surface area contributed by atoms with Crippen LogP contribution in [0, 0.1) is 0 Å². The van der Waals surface area contributed by atoms with Gasteiger partial charge in [-0.05, 0) is 49.3 Å². The Morgan fingerprint density at radius 1 is 1.19 bits per heavy atom. The van der Waals surface area contributed by atoms with Crippen molar-refractivity contribution in [2.75, 3.05) is 11.6 Å². The van der Waals surface area contributed by atoms with Crippen molar-refractivity contribution >= 4 is 29.3 Å². The molecule has 2 atom stereocenters. The molecule has 2 aromatic rings. The van der Waals surface area contributed by atoms with Gasteiger partial charge in [0.25, 0.3) is 5.91 Å². The number of anilines is 1. The third-order valence-electron chi connectivity index (χ3n) is 4.20. The number of para-hydroxylation sites is 1. The van der Waals surface area contributed by atoms with Crippen LogP contribution in [0.25, 0.3) is 0 Å². The van der Waals surface area contributed by atoms with Gasteiger partial charge in [0.05, 0.1) is 5.56 Å². The van der Waals surface area contributed by atoms with E-state index in [0.29, 0.717) is 16.5 Å². The topological polar surface area (TPSA) is 68.3 Å². The lowest BCUT2D eigenvalue weighted by molar-refractivity contribution is -0.123. The Morgan fingerprint density at radius 3 is 2.62 bits per heavy atom. The lowest BCUT2D eigenvalue weighted by Gasteiger charge is -2.18. The number of benzene rings is 1. The highest BCUT2D eigenvalue weighted by Crippen LogP contribution is 2.26. The van der Waals surface area contributed by atoms with Crippen molar-refractivity contribution in [2.45, 2.75) is 44.2 Å². The minimum Gasteiger partial charge on any atom is -0.449 e. The van der Waals surface area contributed by atoms with Crippen LogP contribution in [0.2, 0.25) is 0 Å². The molecule has 0 aliphatic heterocycles. The lowest BCUT2D eigenvalue weighted by atomic mass is 9.97. The van der Waals surface area contributed by atoms with Crippen LogP contribution in [0.4, 0.5) is 5.69 Å². The van der Waals surface area contributed by atoms with Crippen LogP contribution in [0.5, 0.6) is 0 Å². The first kappa shape index (κ1) is 20.0. The van der Waals surface area contributed by atoms with E-state index in [4.69, 9.17) is 4.74 Å². The van der Waals surface area contributed by atoms with Gasteiger partial charge in [-0.3, -0.25) is 4.79 Å². The Balaban J connectivity index is 2.08. The minimum atomic E-state index is -0.914. The molecule has 1 heterocycles. The first-order valence-corrected chi connectivity index (χ1v) is 9.80. The average Bonchev–Trinajstić information content (AvgIpc) is 2.67. The molecule has 5 nitrogen and oxygen atoms in total. The molecule has 0 fully saturated rings. The summed E-state index contributed by atoms with van der Waals surface area (Å²) in [6, 6.07) is 11.0. The normalized spacial score (nSPS) is 12.9. The number of carbonyl (C=O) groups is 2. The predicted molar refractivity (Wildman–Crippen MR) is 105 cm³/mol. The van der Waals surface area contributed by atoms with E-state index in [0.717, 1.165) is 17.7 Å². The standard InChI is InChI=1S/C20H24N2O3S/c1-5-13(2)15-9-6-7-11-17(15)22-18(23)14(3)25-20(24)16-10-8-12-21-19(16)26-4/h6-14H,5H2,1-4H3,(H,22,23). The Kier molecular flexibility index (Phi) is 7.21. The summed E-state index contributed by atoms with van der Waals surface area (Å²) in [5, 5.41) is 3.45. The van der Waals surface area contributed by atoms with Crippen LogP contribution in [0.1, 0.15) is 49.0 Å². The molecule has 26 heavy (non-hydrogen) atoms. The highest BCUT2D eigenvalue weighted by molar-refractivity contribution is 7.98. The molecule has 0 aliphatic carbocycles. The third kappa shape index (κ3) is 4.85. The number of hydrogen-bond donors (Lipinski definition) is 1. The number of nitrogens with one attached hydrogen (secondary N) is 1. The highest BCUT2D eigenvalue weighted by atomic mass is 32.2. The first-order chi connectivity index (χ1) is 12.5. The zero-order valence-corrected chi connectivity index (χ0v) is 16.3. The number of carbonyl (C=O) groups excluding carboxylic acids is 2. The molecule has 0 saturated heterocycles. The Labute approximate surface area is 158 Å². The number of nitrogens with zero attached hydrogens (tertiary/aromatic N) is 1. The first-order valence-electron chi connectivity index (χ1n) is 8.57. The fourth-order valence-corrected chi connectivity index (χ4v) is 3.02. The van der Waals surface area contributed by atoms with Crippen LogP contribution in [-0.2, 0) is 9.53 Å². The third-order valence-corrected chi connectivity index (χ3v) is 4.91. The summed E-state index contributed by atoms with van der Waals surface area (Å²) in [7, 11) is 0. The van der Waals surface area contributed by atoms with Crippen molar-refractivity contribution in [3.8, 4) is 0 Å². The number of aromatic nitrogens is 1. The fourth-order valence-electron chi connectivity index (χ4n) is 2.48. The molecule has 1 N–H and O–H groups in total. The second kappa shape index (κ2) is 9.38. The smallest absolute Gasteiger partial charge is 0.341 e. The van der Waals surface area contributed by atoms with Gasteiger partial charge in [0, 0.05) is 11.9 Å². The summed E-state index contributed by atoms with van der Waals surface area (Å²) in [5.41, 5.74) is 2.18. The van der Waals surface area contributed by atoms with Crippen molar-refractivity contribution in [1.82, 2.24) is 4.98 Å². The van der Waals surface area contributed by atoms with Gasteiger partial charge in [0.1, 0.15) is 5.03 Å². The molecule has 0 bridgehead atoms. The minimum absolute atomic E-state index is 0.323. The zero-order chi connectivity index (χ0) is 19.1. The van der Waals surface area contributed by atoms with Gasteiger partial charge in [-0.2, -0.15) is 0 Å². The summed E-state index contributed by atoms with van der Waals surface area (Å²) < 4.78 is 5.34. The van der Waals surface area contributed by atoms with Crippen molar-refractivity contribution in [3.05, 3.63) is 53.7 Å². The molecular formula is C20H24N2O3S. The zero-order valence-electron chi connectivity index (χ0n) is 15.5. The summed E-state index contributed by atoms with van der Waals surface area (Å²) >= 11 is 1.36. The second-order valence-electron chi connectivity index (χ2n) is 5.99. The highest BCUT2D eigenvalue weighted by Gasteiger charge is 2.22. The van der Waals surface area contributed by atoms with Gasteiger partial charge in [0.2, 0.25) is 0 Å². The number of rotatable bonds is 7. The Bertz CT molecular complexity index is 779. The van der Waals surface area contributed by atoms with Crippen LogP contribution >= 0.6 is 11.8 Å². The number of amides is 1. The maximum atomic E-state index is 12.5. The van der Waals surface area contributed by atoms with E-state index in [1.54, 1.807) is 25.3 Å². The van der Waals surface area contributed by atoms with Crippen molar-refractivity contribution in [2.24, 2.45) is 0 Å². The molecule has 2 rings (SSSR count). The van der Waals surface area contributed by atoms with E-state index in [1.165, 1.54) is 11.8 Å². The van der Waals surface area contributed by atoms with Gasteiger partial charge >= 0.3 is 5.97 Å². The van der Waals surface area contributed by atoms with Gasteiger partial charge in [-0.25, -0.2) is 9.78 Å². The largest absolute Gasteiger partial charge is 0.449 e. The monoisotopic (exact) mass is 372 g/mol. The lowest BCUT2D eigenvalue weighted by Crippen LogP contribution is -2.30. The Morgan fingerprint density at radius 2 is 1.92 bits per heavy atom. The molecule has 1 aromatic heterocycles. The van der Waals surface area contributed by atoms with Crippen LogP contribution < -0.4 is 5.32 Å². The van der Waals surface area contributed by atoms with E-state index in [9.17, 15) is 9.59 Å². The number of thioether (sulfide) groups is 1. The number of ether oxygens (including phenoxy) is 1. The maximum absolute atomic E-state index is 12.5. The quantitative estimate of drug-likeness (QED) is 0.572. The number of pyridine rings is 1. The number of hydrogen-bond acceptors (Lipinski definition) is 5. The summed E-state index contributed by atoms with van der Waals surface area (Å²) in [4.78, 5) is 29.0. The second-order valence-corrected chi connectivity index (χ2v) is 6.79. The molecule has 6 heteroatoms. The molecule has 1 amide bonds. The summed E-state index contributed by atoms with van der Waals surface area (Å²) in [6.45, 7) is 5.78. The molecule has 0 radical (unpaired) electrons. The maximum Gasteiger partial charge on any atom is 0.341 e. The molecule has 0 saturated carbocycles. The molecule has 0 spiro atoms. The predicted octanol–water partition coefficient (Wildman–Crippen LogP) is 4.50. The van der Waals surface area contributed by atoms with Crippen LogP contribution in [0.15, 0.2) is 47.6 Å². The van der Waals surface area contributed by atoms with E-state index in [2.05, 4.69) is 24.1 Å². The van der Waals surface area contributed by atoms with Crippen molar-refractivity contribution in [1.29, 1.82) is 0 Å². The van der Waals surface area contributed by atoms with Gasteiger partial charge < -0.3 is 10.1 Å². The van der Waals surface area contributed by atoms with Crippen LogP contribution in [-0.4, -0.2) is 29.2 Å². The fraction of sp³-hybridized carbons (Fsp3) is 0.350. The van der Waals surface area contributed by atoms with Gasteiger partial charge in [-0.15, -0.1) is 11.8 Å². The van der Waals surface area contributed by atoms with E-state index in [-0.39, 0.29) is 5.91 Å². The Hall–Kier alpha value is -2.34. The molecular weight excluding hydrogens is 348 g/mol. The summed E-state index contributed by atoms with van der Waals surface area (Å²) in [5.74, 6) is -0.590. The summed E-state index contributed by atoms with van der Waals surface area (Å²) in [6.07, 6.45) is 3.50. The molecule has 1 aromatic carbocycles.